The molecule has 3 aromatic carbocycles. The molecule has 0 radical (unpaired) electrons. The molecule has 1 saturated carbocycles. The molecule has 1 fully saturated rings. The van der Waals surface area contributed by atoms with Crippen molar-refractivity contribution in [1.29, 1.82) is 0 Å². The summed E-state index contributed by atoms with van der Waals surface area (Å²) in [6, 6.07) is 30.5. The van der Waals surface area contributed by atoms with Gasteiger partial charge in [0.1, 0.15) is 11.4 Å². The smallest absolute Gasteiger partial charge is 0.242 e. The first-order valence-electron chi connectivity index (χ1n) is 12.6. The minimum Gasteiger partial charge on any atom is -0.382 e. The van der Waals surface area contributed by atoms with Crippen LogP contribution in [0.15, 0.2) is 91.0 Å². The summed E-state index contributed by atoms with van der Waals surface area (Å²) in [5.74, 6) is 0.920. The third-order valence-electron chi connectivity index (χ3n) is 6.83. The second kappa shape index (κ2) is 11.1. The van der Waals surface area contributed by atoms with Crippen LogP contribution in [0.2, 0.25) is 0 Å². The Kier molecular flexibility index (Phi) is 7.26. The van der Waals surface area contributed by atoms with Crippen molar-refractivity contribution >= 4 is 23.5 Å². The lowest BCUT2D eigenvalue weighted by molar-refractivity contribution is 0.744. The first-order chi connectivity index (χ1) is 19.0. The fraction of sp³-hybridized carbons (Fsp3) is 0.172. The predicted octanol–water partition coefficient (Wildman–Crippen LogP) is 3.53. The van der Waals surface area contributed by atoms with E-state index in [-0.39, 0.29) is 23.2 Å². The number of rotatable bonds is 6. The highest BCUT2D eigenvalue weighted by Gasteiger charge is 2.49. The third kappa shape index (κ3) is 5.74. The van der Waals surface area contributed by atoms with Crippen LogP contribution in [0.5, 0.6) is 0 Å². The lowest BCUT2D eigenvalue weighted by Crippen LogP contribution is -2.17. The van der Waals surface area contributed by atoms with Crippen LogP contribution >= 0.6 is 0 Å². The highest BCUT2D eigenvalue weighted by atomic mass is 15.2. The van der Waals surface area contributed by atoms with Gasteiger partial charge >= 0.3 is 0 Å². The lowest BCUT2D eigenvalue weighted by atomic mass is 9.89. The molecular weight excluding hydrogens is 488 g/mol. The standard InChI is InChI=1S/C17H17N5.C12H13N5/c18-16-15(21-22-17(19)20-16)14(13-9-5-2-6-10-13)11-12-7-3-1-4-8-12;13-10-9(16-17-11(14)15-10)12(6-7-12)8-4-2-1-3-5-8/h1-10,14H,11H2,(H4,18,19,20,22);1-5H,6-7H2,(H4,13,14,15,17). The van der Waals surface area contributed by atoms with Crippen molar-refractivity contribution in [3.63, 3.8) is 0 Å². The number of benzene rings is 3. The van der Waals surface area contributed by atoms with E-state index in [0.29, 0.717) is 17.3 Å². The van der Waals surface area contributed by atoms with Crippen LogP contribution in [-0.2, 0) is 11.8 Å². The van der Waals surface area contributed by atoms with Crippen LogP contribution in [0, 0.1) is 0 Å². The Morgan fingerprint density at radius 1 is 0.615 bits per heavy atom. The van der Waals surface area contributed by atoms with Crippen LogP contribution in [-0.4, -0.2) is 30.4 Å². The van der Waals surface area contributed by atoms with Crippen LogP contribution in [0.3, 0.4) is 0 Å². The number of aromatic nitrogens is 6. The van der Waals surface area contributed by atoms with Crippen molar-refractivity contribution in [3.8, 4) is 0 Å². The number of hydrogen-bond donors (Lipinski definition) is 4. The minimum atomic E-state index is -0.0982. The molecule has 0 amide bonds. The maximum atomic E-state index is 6.02. The van der Waals surface area contributed by atoms with E-state index >= 15 is 0 Å². The topological polar surface area (TPSA) is 181 Å². The van der Waals surface area contributed by atoms with Gasteiger partial charge in [-0.25, -0.2) is 0 Å². The number of hydrogen-bond acceptors (Lipinski definition) is 10. The Labute approximate surface area is 226 Å². The van der Waals surface area contributed by atoms with Crippen LogP contribution in [0.25, 0.3) is 0 Å². The normalized spacial score (nSPS) is 14.1. The molecule has 0 bridgehead atoms. The van der Waals surface area contributed by atoms with Gasteiger partial charge in [0.2, 0.25) is 11.9 Å². The highest BCUT2D eigenvalue weighted by molar-refractivity contribution is 5.51. The average Bonchev–Trinajstić information content (AvgIpc) is 3.76. The summed E-state index contributed by atoms with van der Waals surface area (Å²) in [4.78, 5) is 8.03. The minimum absolute atomic E-state index is 0.0100. The molecule has 1 aliphatic carbocycles. The molecule has 1 atom stereocenters. The molecule has 2 heterocycles. The maximum Gasteiger partial charge on any atom is 0.242 e. The molecule has 6 rings (SSSR count). The van der Waals surface area contributed by atoms with E-state index in [4.69, 9.17) is 22.9 Å². The molecule has 1 aliphatic rings. The van der Waals surface area contributed by atoms with E-state index in [2.05, 4.69) is 66.8 Å². The first-order valence-corrected chi connectivity index (χ1v) is 12.6. The highest BCUT2D eigenvalue weighted by Crippen LogP contribution is 2.53. The van der Waals surface area contributed by atoms with Crippen LogP contribution in [0.4, 0.5) is 23.5 Å². The quantitative estimate of drug-likeness (QED) is 0.259. The first kappa shape index (κ1) is 25.5. The van der Waals surface area contributed by atoms with Gasteiger partial charge in [-0.2, -0.15) is 9.97 Å². The number of anilines is 4. The van der Waals surface area contributed by atoms with Gasteiger partial charge in [-0.15, -0.1) is 20.4 Å². The van der Waals surface area contributed by atoms with E-state index in [1.807, 2.05) is 54.6 Å². The van der Waals surface area contributed by atoms with E-state index in [9.17, 15) is 0 Å². The monoisotopic (exact) mass is 518 g/mol. The Balaban J connectivity index is 0.000000163. The Morgan fingerprint density at radius 2 is 1.15 bits per heavy atom. The molecular formula is C29H30N10. The number of nitrogens with two attached hydrogens (primary N) is 4. The Hall–Kier alpha value is -5.12. The summed E-state index contributed by atoms with van der Waals surface area (Å²) in [6.45, 7) is 0. The zero-order valence-electron chi connectivity index (χ0n) is 21.4. The SMILES string of the molecule is Nc1nnc(C(Cc2ccccc2)c2ccccc2)c(N)n1.Nc1nnc(C2(c3ccccc3)CC2)c(N)n1. The van der Waals surface area contributed by atoms with Gasteiger partial charge in [0, 0.05) is 11.3 Å². The largest absolute Gasteiger partial charge is 0.382 e. The van der Waals surface area contributed by atoms with Gasteiger partial charge in [-0.1, -0.05) is 91.0 Å². The van der Waals surface area contributed by atoms with Gasteiger partial charge in [-0.05, 0) is 36.0 Å². The van der Waals surface area contributed by atoms with Crippen molar-refractivity contribution in [1.82, 2.24) is 30.4 Å². The Bertz CT molecular complexity index is 1520. The number of nitrogens with zero attached hydrogens (tertiary/aromatic N) is 6. The summed E-state index contributed by atoms with van der Waals surface area (Å²) in [5.41, 5.74) is 27.8. The molecule has 10 nitrogen and oxygen atoms in total. The van der Waals surface area contributed by atoms with Gasteiger partial charge in [0.15, 0.2) is 11.6 Å². The molecule has 5 aromatic rings. The molecule has 39 heavy (non-hydrogen) atoms. The summed E-state index contributed by atoms with van der Waals surface area (Å²) >= 11 is 0. The van der Waals surface area contributed by atoms with E-state index < -0.39 is 0 Å². The maximum absolute atomic E-state index is 6.02. The Morgan fingerprint density at radius 3 is 1.72 bits per heavy atom. The molecule has 0 aliphatic heterocycles. The van der Waals surface area contributed by atoms with Gasteiger partial charge in [0.25, 0.3) is 0 Å². The van der Waals surface area contributed by atoms with E-state index in [0.717, 1.165) is 30.5 Å². The lowest BCUT2D eigenvalue weighted by Gasteiger charge is -2.18. The fourth-order valence-electron chi connectivity index (χ4n) is 4.75. The number of nitrogen functional groups attached to an aromatic ring is 4. The summed E-state index contributed by atoms with van der Waals surface area (Å²) in [5, 5.41) is 16.0. The molecule has 8 N–H and O–H groups in total. The molecule has 10 heteroatoms. The zero-order valence-corrected chi connectivity index (χ0v) is 21.4. The summed E-state index contributed by atoms with van der Waals surface area (Å²) in [7, 11) is 0. The van der Waals surface area contributed by atoms with Gasteiger partial charge < -0.3 is 22.9 Å². The summed E-state index contributed by atoms with van der Waals surface area (Å²) < 4.78 is 0. The molecule has 0 saturated heterocycles. The molecule has 0 spiro atoms. The second-order valence-electron chi connectivity index (χ2n) is 9.45. The average molecular weight is 519 g/mol. The van der Waals surface area contributed by atoms with Crippen molar-refractivity contribution in [2.75, 3.05) is 22.9 Å². The van der Waals surface area contributed by atoms with Crippen molar-refractivity contribution in [2.45, 2.75) is 30.6 Å². The predicted molar refractivity (Wildman–Crippen MR) is 152 cm³/mol. The molecule has 196 valence electrons. The zero-order chi connectivity index (χ0) is 27.2. The fourth-order valence-corrected chi connectivity index (χ4v) is 4.75. The van der Waals surface area contributed by atoms with Crippen molar-refractivity contribution in [2.24, 2.45) is 0 Å². The third-order valence-corrected chi connectivity index (χ3v) is 6.83. The van der Waals surface area contributed by atoms with Crippen molar-refractivity contribution in [3.05, 3.63) is 119 Å². The van der Waals surface area contributed by atoms with Gasteiger partial charge in [-0.3, -0.25) is 0 Å². The van der Waals surface area contributed by atoms with E-state index in [1.165, 1.54) is 11.1 Å². The van der Waals surface area contributed by atoms with Crippen LogP contribution < -0.4 is 22.9 Å². The molecule has 1 unspecified atom stereocenters. The second-order valence-corrected chi connectivity index (χ2v) is 9.45. The van der Waals surface area contributed by atoms with Gasteiger partial charge in [0.05, 0.1) is 0 Å². The molecule has 2 aromatic heterocycles. The van der Waals surface area contributed by atoms with Crippen LogP contribution in [0.1, 0.15) is 46.8 Å². The van der Waals surface area contributed by atoms with Crippen molar-refractivity contribution < 1.29 is 0 Å². The van der Waals surface area contributed by atoms with E-state index in [1.54, 1.807) is 0 Å². The summed E-state index contributed by atoms with van der Waals surface area (Å²) in [6.07, 6.45) is 2.83.